The molecule has 2 aromatic rings. The Morgan fingerprint density at radius 2 is 2.21 bits per heavy atom. The molecule has 4 fully saturated rings. The predicted octanol–water partition coefficient (Wildman–Crippen LogP) is 2.82. The van der Waals surface area contributed by atoms with E-state index in [4.69, 9.17) is 4.42 Å². The molecule has 4 heterocycles. The molecule has 0 aromatic carbocycles. The zero-order valence-electron chi connectivity index (χ0n) is 13.2. The van der Waals surface area contributed by atoms with Crippen molar-refractivity contribution in [2.75, 3.05) is 11.9 Å². The maximum atomic E-state index is 12.9. The summed E-state index contributed by atoms with van der Waals surface area (Å²) in [7, 11) is 0. The molecule has 2 saturated heterocycles. The number of nitrogens with one attached hydrogen (secondary N) is 1. The third kappa shape index (κ3) is 1.96. The Labute approximate surface area is 146 Å². The fourth-order valence-electron chi connectivity index (χ4n) is 3.95. The molecule has 9 heteroatoms. The number of fused-ring (bicyclic) bond motifs is 1. The Morgan fingerprint density at radius 3 is 2.88 bits per heavy atom. The van der Waals surface area contributed by atoms with Gasteiger partial charge in [0.05, 0.1) is 16.7 Å². The number of rotatable bonds is 3. The van der Waals surface area contributed by atoms with Crippen LogP contribution in [-0.4, -0.2) is 37.5 Å². The number of aromatic nitrogens is 4. The van der Waals surface area contributed by atoms with Gasteiger partial charge in [-0.1, -0.05) is 0 Å². The van der Waals surface area contributed by atoms with E-state index in [-0.39, 0.29) is 6.03 Å². The maximum absolute atomic E-state index is 12.9. The topological polar surface area (TPSA) is 89.1 Å². The second-order valence-corrected chi connectivity index (χ2v) is 7.84. The lowest BCUT2D eigenvalue weighted by molar-refractivity contribution is 0.0965. The average Bonchev–Trinajstić information content (AvgIpc) is 2.86. The Bertz CT molecular complexity index is 820. The van der Waals surface area contributed by atoms with Gasteiger partial charge in [-0.2, -0.15) is 5.10 Å². The van der Waals surface area contributed by atoms with E-state index >= 15 is 0 Å². The van der Waals surface area contributed by atoms with Crippen molar-refractivity contribution in [1.29, 1.82) is 0 Å². The van der Waals surface area contributed by atoms with Crippen molar-refractivity contribution in [3.8, 4) is 0 Å². The largest absolute Gasteiger partial charge is 0.423 e. The van der Waals surface area contributed by atoms with Gasteiger partial charge in [0.15, 0.2) is 0 Å². The molecule has 126 valence electrons. The van der Waals surface area contributed by atoms with Crippen molar-refractivity contribution < 1.29 is 9.21 Å². The van der Waals surface area contributed by atoms with Crippen molar-refractivity contribution in [1.82, 2.24) is 24.9 Å². The van der Waals surface area contributed by atoms with Crippen LogP contribution in [0.4, 0.5) is 10.6 Å². The van der Waals surface area contributed by atoms with Crippen molar-refractivity contribution in [3.05, 3.63) is 22.5 Å². The zero-order valence-corrected chi connectivity index (χ0v) is 14.8. The predicted molar refractivity (Wildman–Crippen MR) is 87.4 cm³/mol. The minimum atomic E-state index is -0.438. The fourth-order valence-corrected chi connectivity index (χ4v) is 4.33. The number of aryl methyl sites for hydroxylation is 1. The summed E-state index contributed by atoms with van der Waals surface area (Å²) in [5.74, 6) is 2.33. The van der Waals surface area contributed by atoms with Crippen LogP contribution in [0.2, 0.25) is 0 Å². The summed E-state index contributed by atoms with van der Waals surface area (Å²) in [5.41, 5.74) is -0.438. The quantitative estimate of drug-likeness (QED) is 0.866. The molecule has 24 heavy (non-hydrogen) atoms. The Kier molecular flexibility index (Phi) is 2.89. The van der Waals surface area contributed by atoms with E-state index in [9.17, 15) is 4.79 Å². The van der Waals surface area contributed by atoms with Crippen LogP contribution in [0.1, 0.15) is 43.5 Å². The lowest BCUT2D eigenvalue weighted by Gasteiger charge is -2.38. The summed E-state index contributed by atoms with van der Waals surface area (Å²) in [6.07, 6.45) is 5.73. The normalized spacial score (nSPS) is 28.1. The second kappa shape index (κ2) is 4.81. The number of hydrogen-bond acceptors (Lipinski definition) is 5. The monoisotopic (exact) mass is 392 g/mol. The number of amides is 2. The highest BCUT2D eigenvalue weighted by atomic mass is 79.9. The van der Waals surface area contributed by atoms with E-state index in [1.54, 1.807) is 13.1 Å². The van der Waals surface area contributed by atoms with Crippen LogP contribution in [0.3, 0.4) is 0 Å². The van der Waals surface area contributed by atoms with Gasteiger partial charge in [-0.25, -0.2) is 9.48 Å². The minimum Gasteiger partial charge on any atom is -0.423 e. The number of nitrogens with zero attached hydrogens (tertiary/aromatic N) is 5. The van der Waals surface area contributed by atoms with Gasteiger partial charge in [0.25, 0.3) is 0 Å². The summed E-state index contributed by atoms with van der Waals surface area (Å²) in [4.78, 5) is 14.8. The van der Waals surface area contributed by atoms with E-state index in [1.807, 2.05) is 9.58 Å². The molecule has 6 rings (SSSR count). The summed E-state index contributed by atoms with van der Waals surface area (Å²) in [5, 5.41) is 15.5. The highest BCUT2D eigenvalue weighted by Crippen LogP contribution is 2.56. The van der Waals surface area contributed by atoms with Gasteiger partial charge in [0, 0.05) is 13.5 Å². The molecule has 2 aliphatic carbocycles. The third-order valence-electron chi connectivity index (χ3n) is 5.25. The van der Waals surface area contributed by atoms with E-state index in [1.165, 1.54) is 0 Å². The molecular weight excluding hydrogens is 376 g/mol. The van der Waals surface area contributed by atoms with Gasteiger partial charge >= 0.3 is 6.03 Å². The molecule has 0 unspecified atom stereocenters. The van der Waals surface area contributed by atoms with Gasteiger partial charge in [-0.15, -0.1) is 10.2 Å². The Morgan fingerprint density at radius 1 is 1.42 bits per heavy atom. The lowest BCUT2D eigenvalue weighted by atomic mass is 9.73. The van der Waals surface area contributed by atoms with Gasteiger partial charge in [-0.05, 0) is 47.5 Å². The van der Waals surface area contributed by atoms with E-state index in [0.29, 0.717) is 23.7 Å². The summed E-state index contributed by atoms with van der Waals surface area (Å²) >= 11 is 3.48. The first-order valence-electron chi connectivity index (χ1n) is 8.19. The fraction of sp³-hybridized carbons (Fsp3) is 0.600. The molecule has 2 aromatic heterocycles. The number of urea groups is 1. The molecule has 0 radical (unpaired) electrons. The van der Waals surface area contributed by atoms with Crippen molar-refractivity contribution >= 4 is 27.8 Å². The second-order valence-electron chi connectivity index (χ2n) is 6.99. The van der Waals surface area contributed by atoms with Crippen LogP contribution in [-0.2, 0) is 5.54 Å². The van der Waals surface area contributed by atoms with Crippen LogP contribution in [0.25, 0.3) is 0 Å². The van der Waals surface area contributed by atoms with Gasteiger partial charge < -0.3 is 9.32 Å². The van der Waals surface area contributed by atoms with Gasteiger partial charge in [-0.3, -0.25) is 5.32 Å². The number of halogens is 1. The van der Waals surface area contributed by atoms with Crippen LogP contribution in [0.15, 0.2) is 15.1 Å². The van der Waals surface area contributed by atoms with E-state index < -0.39 is 5.54 Å². The summed E-state index contributed by atoms with van der Waals surface area (Å²) in [6.45, 7) is 2.50. The van der Waals surface area contributed by atoms with Crippen LogP contribution in [0, 0.1) is 12.8 Å². The first kappa shape index (κ1) is 14.4. The van der Waals surface area contributed by atoms with E-state index in [0.717, 1.165) is 42.5 Å². The van der Waals surface area contributed by atoms with Crippen molar-refractivity contribution in [3.63, 3.8) is 0 Å². The van der Waals surface area contributed by atoms with Crippen molar-refractivity contribution in [2.24, 2.45) is 5.92 Å². The van der Waals surface area contributed by atoms with Gasteiger partial charge in [0.1, 0.15) is 11.4 Å². The molecule has 4 aliphatic rings. The van der Waals surface area contributed by atoms with Crippen LogP contribution >= 0.6 is 15.9 Å². The first-order valence-corrected chi connectivity index (χ1v) is 8.98. The number of anilines is 1. The van der Waals surface area contributed by atoms with Crippen LogP contribution < -0.4 is 5.32 Å². The van der Waals surface area contributed by atoms with Gasteiger partial charge in [0.2, 0.25) is 11.8 Å². The Balaban J connectivity index is 1.42. The zero-order chi connectivity index (χ0) is 16.5. The summed E-state index contributed by atoms with van der Waals surface area (Å²) < 4.78 is 8.35. The summed E-state index contributed by atoms with van der Waals surface area (Å²) in [6, 6.07) is 0.264. The molecule has 8 nitrogen and oxygen atoms in total. The van der Waals surface area contributed by atoms with Crippen LogP contribution in [0.5, 0.6) is 0 Å². The number of hydrogen-bond donors (Lipinski definition) is 1. The smallest absolute Gasteiger partial charge is 0.323 e. The Hall–Kier alpha value is -1.90. The molecule has 0 spiro atoms. The maximum Gasteiger partial charge on any atom is 0.323 e. The SMILES string of the molecule is Cc1nnc(C23CC(CN2C(=O)Nc2c(Br)cnn2C2CC2)C3)o1. The molecule has 0 atom stereocenters. The number of carbonyl (C=O) groups is 1. The molecule has 2 bridgehead atoms. The lowest BCUT2D eigenvalue weighted by Crippen LogP contribution is -2.47. The van der Waals surface area contributed by atoms with Crippen molar-refractivity contribution in [2.45, 2.75) is 44.2 Å². The molecule has 2 saturated carbocycles. The third-order valence-corrected chi connectivity index (χ3v) is 5.83. The number of carbonyl (C=O) groups excluding carboxylic acids is 1. The molecule has 2 aliphatic heterocycles. The molecule has 2 amide bonds. The molecular formula is C15H17BrN6O2. The average molecular weight is 393 g/mol. The van der Waals surface area contributed by atoms with E-state index in [2.05, 4.69) is 36.5 Å². The highest BCUT2D eigenvalue weighted by Gasteiger charge is 2.62. The highest BCUT2D eigenvalue weighted by molar-refractivity contribution is 9.10. The molecule has 1 N–H and O–H groups in total. The standard InChI is InChI=1S/C15H17BrN6O2/c1-8-19-20-13(24-8)15-4-9(5-15)7-21(15)14(23)18-12-11(16)6-17-22(12)10-2-3-10/h6,9-10H,2-5,7H2,1H3,(H,18,23). The first-order chi connectivity index (χ1) is 11.6. The minimum absolute atomic E-state index is 0.131.